The number of hydrogen-bond acceptors (Lipinski definition) is 10. The van der Waals surface area contributed by atoms with Crippen LogP contribution in [0.2, 0.25) is 0 Å². The largest absolute Gasteiger partial charge is 0.477 e. The summed E-state index contributed by atoms with van der Waals surface area (Å²) in [6.45, 7) is 4.23. The summed E-state index contributed by atoms with van der Waals surface area (Å²) in [5.74, 6) is -7.29. The van der Waals surface area contributed by atoms with Gasteiger partial charge < -0.3 is 46.1 Å². The summed E-state index contributed by atoms with van der Waals surface area (Å²) in [5, 5.41) is 52.2. The Morgan fingerprint density at radius 3 is 2.43 bits per heavy atom. The number of carbonyl (C=O) groups is 3. The second-order valence-electron chi connectivity index (χ2n) is 7.67. The minimum atomic E-state index is -2.76. The van der Waals surface area contributed by atoms with Gasteiger partial charge in [-0.25, -0.2) is 4.79 Å². The fourth-order valence-corrected chi connectivity index (χ4v) is 3.20. The smallest absolute Gasteiger partial charge is 0.364 e. The molecule has 1 amide bonds. The Kier molecular flexibility index (Phi) is 9.59. The lowest BCUT2D eigenvalue weighted by Crippen LogP contribution is -2.61. The first-order chi connectivity index (χ1) is 13.8. The van der Waals surface area contributed by atoms with Crippen molar-refractivity contribution in [2.75, 3.05) is 6.61 Å². The van der Waals surface area contributed by atoms with Crippen LogP contribution in [0.3, 0.4) is 0 Å². The number of aliphatic hydroxyl groups excluding tert-OH is 3. The van der Waals surface area contributed by atoms with Crippen LogP contribution in [0, 0.1) is 11.8 Å². The SMILES string of the molecule is CC[C@@H](C)[C@@H](N)C(=O)OC[C@@H](O)CC1OC(O)(C(=O)O)CC(O)C1[C@H](O)NC(C)=O. The third-order valence-corrected chi connectivity index (χ3v) is 5.21. The number of carboxylic acid groups (broad SMARTS) is 1. The maximum atomic E-state index is 11.9. The summed E-state index contributed by atoms with van der Waals surface area (Å²) in [5.41, 5.74) is 5.75. The molecule has 1 aliphatic heterocycles. The van der Waals surface area contributed by atoms with E-state index >= 15 is 0 Å². The molecule has 0 saturated carbocycles. The molecule has 1 rings (SSSR count). The van der Waals surface area contributed by atoms with E-state index in [0.29, 0.717) is 6.42 Å². The minimum absolute atomic E-state index is 0.144. The van der Waals surface area contributed by atoms with E-state index in [-0.39, 0.29) is 5.92 Å². The molecule has 1 saturated heterocycles. The van der Waals surface area contributed by atoms with Gasteiger partial charge in [0.15, 0.2) is 0 Å². The molecule has 12 nitrogen and oxygen atoms in total. The monoisotopic (exact) mass is 436 g/mol. The van der Waals surface area contributed by atoms with Crippen LogP contribution in [-0.4, -0.2) is 86.4 Å². The maximum absolute atomic E-state index is 11.9. The summed E-state index contributed by atoms with van der Waals surface area (Å²) in [7, 11) is 0. The first kappa shape index (κ1) is 26.2. The molecular weight excluding hydrogens is 404 g/mol. The highest BCUT2D eigenvalue weighted by molar-refractivity contribution is 5.76. The van der Waals surface area contributed by atoms with Crippen LogP contribution < -0.4 is 11.1 Å². The number of hydrogen-bond donors (Lipinski definition) is 7. The third kappa shape index (κ3) is 6.86. The number of carbonyl (C=O) groups excluding carboxylic acids is 2. The molecule has 12 heteroatoms. The molecule has 0 spiro atoms. The number of aliphatic hydroxyl groups is 4. The first-order valence-corrected chi connectivity index (χ1v) is 9.69. The first-order valence-electron chi connectivity index (χ1n) is 9.69. The Hall–Kier alpha value is -1.83. The van der Waals surface area contributed by atoms with Gasteiger partial charge in [0.1, 0.15) is 18.9 Å². The average Bonchev–Trinajstić information content (AvgIpc) is 2.63. The standard InChI is InChI=1S/C18H32N2O10/c1-4-8(2)14(19)16(25)29-7-10(22)5-12-13(15(24)20-9(3)21)11(23)6-18(28,30-12)17(26)27/h8,10-15,22-24,28H,4-7,19H2,1-3H3,(H,20,21)(H,26,27)/t8-,10+,11?,12?,13?,14-,15+,18?/m1/s1. The Bertz CT molecular complexity index is 618. The molecule has 0 aliphatic carbocycles. The number of rotatable bonds is 10. The fourth-order valence-electron chi connectivity index (χ4n) is 3.20. The molecule has 0 radical (unpaired) electrons. The summed E-state index contributed by atoms with van der Waals surface area (Å²) >= 11 is 0. The van der Waals surface area contributed by atoms with E-state index < -0.39 is 79.6 Å². The van der Waals surface area contributed by atoms with Crippen LogP contribution in [0.1, 0.15) is 40.0 Å². The highest BCUT2D eigenvalue weighted by Crippen LogP contribution is 2.35. The van der Waals surface area contributed by atoms with Crippen molar-refractivity contribution >= 4 is 17.8 Å². The second kappa shape index (κ2) is 11.0. The van der Waals surface area contributed by atoms with Gasteiger partial charge in [-0.1, -0.05) is 20.3 Å². The van der Waals surface area contributed by atoms with Gasteiger partial charge in [0.05, 0.1) is 24.2 Å². The molecule has 1 fully saturated rings. The molecule has 0 bridgehead atoms. The number of ether oxygens (including phenoxy) is 2. The zero-order valence-corrected chi connectivity index (χ0v) is 17.2. The third-order valence-electron chi connectivity index (χ3n) is 5.21. The number of carboxylic acids is 1. The zero-order chi connectivity index (χ0) is 23.2. The van der Waals surface area contributed by atoms with Crippen molar-refractivity contribution in [2.45, 2.75) is 76.4 Å². The molecule has 0 aromatic rings. The molecule has 1 heterocycles. The Morgan fingerprint density at radius 2 is 1.93 bits per heavy atom. The molecule has 174 valence electrons. The number of amides is 1. The van der Waals surface area contributed by atoms with E-state index in [2.05, 4.69) is 5.32 Å². The lowest BCUT2D eigenvalue weighted by atomic mass is 9.83. The topological polar surface area (TPSA) is 209 Å². The Balaban J connectivity index is 2.88. The minimum Gasteiger partial charge on any atom is -0.477 e. The molecule has 4 unspecified atom stereocenters. The van der Waals surface area contributed by atoms with Crippen molar-refractivity contribution in [1.82, 2.24) is 5.32 Å². The van der Waals surface area contributed by atoms with Gasteiger partial charge in [0, 0.05) is 19.8 Å². The van der Waals surface area contributed by atoms with Crippen LogP contribution in [0.15, 0.2) is 0 Å². The van der Waals surface area contributed by atoms with E-state index in [1.807, 2.05) is 6.92 Å². The van der Waals surface area contributed by atoms with E-state index in [1.54, 1.807) is 6.92 Å². The highest BCUT2D eigenvalue weighted by atomic mass is 16.7. The van der Waals surface area contributed by atoms with Gasteiger partial charge in [-0.2, -0.15) is 0 Å². The average molecular weight is 436 g/mol. The van der Waals surface area contributed by atoms with Gasteiger partial charge >= 0.3 is 11.9 Å². The second-order valence-corrected chi connectivity index (χ2v) is 7.67. The lowest BCUT2D eigenvalue weighted by Gasteiger charge is -2.44. The number of aliphatic carboxylic acids is 1. The predicted molar refractivity (Wildman–Crippen MR) is 100 cm³/mol. The van der Waals surface area contributed by atoms with Crippen molar-refractivity contribution in [3.63, 3.8) is 0 Å². The van der Waals surface area contributed by atoms with Crippen molar-refractivity contribution in [3.05, 3.63) is 0 Å². The van der Waals surface area contributed by atoms with Gasteiger partial charge in [-0.05, 0) is 5.92 Å². The van der Waals surface area contributed by atoms with Crippen molar-refractivity contribution in [1.29, 1.82) is 0 Å². The molecule has 1 aliphatic rings. The predicted octanol–water partition coefficient (Wildman–Crippen LogP) is -2.35. The summed E-state index contributed by atoms with van der Waals surface area (Å²) in [6, 6.07) is -0.888. The van der Waals surface area contributed by atoms with Crippen LogP contribution in [0.5, 0.6) is 0 Å². The van der Waals surface area contributed by atoms with Gasteiger partial charge in [-0.3, -0.25) is 9.59 Å². The Morgan fingerprint density at radius 1 is 1.33 bits per heavy atom. The van der Waals surface area contributed by atoms with E-state index in [0.717, 1.165) is 6.92 Å². The van der Waals surface area contributed by atoms with Crippen LogP contribution in [0.25, 0.3) is 0 Å². The highest BCUT2D eigenvalue weighted by Gasteiger charge is 2.53. The zero-order valence-electron chi connectivity index (χ0n) is 17.2. The Labute approximate surface area is 174 Å². The van der Waals surface area contributed by atoms with Gasteiger partial charge in [0.2, 0.25) is 5.91 Å². The quantitative estimate of drug-likeness (QED) is 0.142. The molecule has 0 aromatic heterocycles. The van der Waals surface area contributed by atoms with Gasteiger partial charge in [-0.15, -0.1) is 0 Å². The normalized spacial score (nSPS) is 30.6. The van der Waals surface area contributed by atoms with Crippen molar-refractivity contribution < 1.29 is 49.4 Å². The number of nitrogens with two attached hydrogens (primary N) is 1. The molecule has 8 N–H and O–H groups in total. The number of nitrogens with one attached hydrogen (secondary N) is 1. The van der Waals surface area contributed by atoms with Crippen LogP contribution in [-0.2, 0) is 23.9 Å². The molecular formula is C18H32N2O10. The van der Waals surface area contributed by atoms with Crippen LogP contribution in [0.4, 0.5) is 0 Å². The van der Waals surface area contributed by atoms with Crippen molar-refractivity contribution in [2.24, 2.45) is 17.6 Å². The maximum Gasteiger partial charge on any atom is 0.364 e. The van der Waals surface area contributed by atoms with E-state index in [9.17, 15) is 39.9 Å². The molecule has 8 atom stereocenters. The van der Waals surface area contributed by atoms with Crippen molar-refractivity contribution in [3.8, 4) is 0 Å². The lowest BCUT2D eigenvalue weighted by molar-refractivity contribution is -0.297. The summed E-state index contributed by atoms with van der Waals surface area (Å²) in [4.78, 5) is 34.5. The van der Waals surface area contributed by atoms with E-state index in [1.165, 1.54) is 0 Å². The number of esters is 1. The van der Waals surface area contributed by atoms with Crippen LogP contribution >= 0.6 is 0 Å². The fraction of sp³-hybridized carbons (Fsp3) is 0.833. The van der Waals surface area contributed by atoms with Gasteiger partial charge in [0.25, 0.3) is 5.79 Å². The summed E-state index contributed by atoms with van der Waals surface area (Å²) in [6.07, 6.45) is -6.56. The van der Waals surface area contributed by atoms with E-state index in [4.69, 9.17) is 15.2 Å². The molecule has 30 heavy (non-hydrogen) atoms. The molecule has 0 aromatic carbocycles. The summed E-state index contributed by atoms with van der Waals surface area (Å²) < 4.78 is 10.1.